The van der Waals surface area contributed by atoms with Crippen LogP contribution < -0.4 is 0 Å². The second-order valence-electron chi connectivity index (χ2n) is 4.11. The van der Waals surface area contributed by atoms with Gasteiger partial charge in [-0.3, -0.25) is 9.36 Å². The van der Waals surface area contributed by atoms with E-state index in [1.54, 1.807) is 35.4 Å². The number of pyridine rings is 1. The molecule has 0 radical (unpaired) electrons. The Balaban J connectivity index is 2.14. The van der Waals surface area contributed by atoms with Crippen LogP contribution in [0.5, 0.6) is 0 Å². The zero-order chi connectivity index (χ0) is 14.4. The lowest BCUT2D eigenvalue weighted by molar-refractivity contribution is 0.0684. The first-order chi connectivity index (χ1) is 9.76. The fraction of sp³-hybridized carbons (Fsp3) is 0.308. The Morgan fingerprint density at radius 1 is 1.25 bits per heavy atom. The molecule has 0 aromatic carbocycles. The van der Waals surface area contributed by atoms with E-state index in [4.69, 9.17) is 10.2 Å². The molecule has 2 N–H and O–H groups in total. The van der Waals surface area contributed by atoms with E-state index in [1.165, 1.54) is 11.1 Å². The molecular formula is C13H16N4O3. The molecule has 0 saturated carbocycles. The van der Waals surface area contributed by atoms with E-state index in [1.807, 2.05) is 0 Å². The molecule has 20 heavy (non-hydrogen) atoms. The number of rotatable bonds is 6. The fourth-order valence-corrected chi connectivity index (χ4v) is 1.80. The van der Waals surface area contributed by atoms with Crippen molar-refractivity contribution in [1.82, 2.24) is 19.4 Å². The van der Waals surface area contributed by atoms with E-state index in [-0.39, 0.29) is 32.2 Å². The fourth-order valence-electron chi connectivity index (χ4n) is 1.80. The highest BCUT2D eigenvalue weighted by Gasteiger charge is 2.15. The summed E-state index contributed by atoms with van der Waals surface area (Å²) >= 11 is 0. The topological polar surface area (TPSA) is 91.5 Å². The first-order valence-corrected chi connectivity index (χ1v) is 6.21. The lowest BCUT2D eigenvalue weighted by atomic mass is 10.2. The maximum absolute atomic E-state index is 12.2. The summed E-state index contributed by atoms with van der Waals surface area (Å²) in [7, 11) is 0. The Labute approximate surface area is 116 Å². The van der Waals surface area contributed by atoms with Gasteiger partial charge in [0.2, 0.25) is 0 Å². The van der Waals surface area contributed by atoms with Crippen LogP contribution in [0, 0.1) is 0 Å². The largest absolute Gasteiger partial charge is 0.395 e. The van der Waals surface area contributed by atoms with Gasteiger partial charge in [0, 0.05) is 31.7 Å². The quantitative estimate of drug-likeness (QED) is 0.755. The zero-order valence-corrected chi connectivity index (χ0v) is 10.9. The molecule has 0 saturated heterocycles. The Morgan fingerprint density at radius 2 is 2.00 bits per heavy atom. The van der Waals surface area contributed by atoms with Gasteiger partial charge in [-0.15, -0.1) is 0 Å². The molecule has 2 rings (SSSR count). The number of carbonyl (C=O) groups is 1. The van der Waals surface area contributed by atoms with Crippen LogP contribution in [0.4, 0.5) is 0 Å². The predicted octanol–water partition coefficient (Wildman–Crippen LogP) is -0.306. The highest BCUT2D eigenvalue weighted by molar-refractivity contribution is 5.94. The second-order valence-corrected chi connectivity index (χ2v) is 4.11. The molecule has 0 aliphatic heterocycles. The van der Waals surface area contributed by atoms with Crippen molar-refractivity contribution in [2.24, 2.45) is 0 Å². The van der Waals surface area contributed by atoms with Crippen LogP contribution in [0.2, 0.25) is 0 Å². The normalized spacial score (nSPS) is 10.5. The highest BCUT2D eigenvalue weighted by Crippen LogP contribution is 2.08. The number of aromatic nitrogens is 3. The third-order valence-electron chi connectivity index (χ3n) is 2.79. The van der Waals surface area contributed by atoms with E-state index < -0.39 is 0 Å². The van der Waals surface area contributed by atoms with Crippen molar-refractivity contribution in [2.75, 3.05) is 26.3 Å². The molecule has 2 aromatic rings. The lowest BCUT2D eigenvalue weighted by Gasteiger charge is -2.20. The van der Waals surface area contributed by atoms with E-state index in [0.717, 1.165) is 0 Å². The van der Waals surface area contributed by atoms with Gasteiger partial charge in [0.1, 0.15) is 12.1 Å². The molecule has 106 valence electrons. The summed E-state index contributed by atoms with van der Waals surface area (Å²) in [6.07, 6.45) is 6.49. The number of imidazole rings is 1. The van der Waals surface area contributed by atoms with Crippen LogP contribution in [0.15, 0.2) is 37.1 Å². The molecule has 2 aromatic heterocycles. The maximum atomic E-state index is 12.2. The molecule has 0 fully saturated rings. The second kappa shape index (κ2) is 6.78. The van der Waals surface area contributed by atoms with E-state index in [0.29, 0.717) is 11.4 Å². The number of nitrogens with zero attached hydrogens (tertiary/aromatic N) is 4. The molecule has 7 nitrogen and oxygen atoms in total. The standard InChI is InChI=1S/C13H16N4O3/c18-7-5-16(6-8-19)13(20)11-1-2-12(15-9-11)17-4-3-14-10-17/h1-4,9-10,18-19H,5-8H2. The number of amides is 1. The van der Waals surface area contributed by atoms with Crippen LogP contribution in [0.1, 0.15) is 10.4 Å². The van der Waals surface area contributed by atoms with Gasteiger partial charge in [-0.25, -0.2) is 9.97 Å². The monoisotopic (exact) mass is 276 g/mol. The number of aliphatic hydroxyl groups excluding tert-OH is 2. The smallest absolute Gasteiger partial charge is 0.255 e. The first kappa shape index (κ1) is 14.2. The summed E-state index contributed by atoms with van der Waals surface area (Å²) in [5, 5.41) is 17.9. The minimum absolute atomic E-state index is 0.147. The predicted molar refractivity (Wildman–Crippen MR) is 71.4 cm³/mol. The van der Waals surface area contributed by atoms with Gasteiger partial charge in [0.25, 0.3) is 5.91 Å². The molecule has 2 heterocycles. The van der Waals surface area contributed by atoms with Gasteiger partial charge in [0.15, 0.2) is 0 Å². The van der Waals surface area contributed by atoms with Crippen molar-refractivity contribution in [3.63, 3.8) is 0 Å². The van der Waals surface area contributed by atoms with Gasteiger partial charge in [0.05, 0.1) is 18.8 Å². The zero-order valence-electron chi connectivity index (χ0n) is 10.9. The van der Waals surface area contributed by atoms with Gasteiger partial charge < -0.3 is 15.1 Å². The van der Waals surface area contributed by atoms with Crippen LogP contribution >= 0.6 is 0 Å². The summed E-state index contributed by atoms with van der Waals surface area (Å²) in [4.78, 5) is 21.7. The van der Waals surface area contributed by atoms with Crippen molar-refractivity contribution in [1.29, 1.82) is 0 Å². The molecule has 7 heteroatoms. The van der Waals surface area contributed by atoms with Gasteiger partial charge in [-0.2, -0.15) is 0 Å². The first-order valence-electron chi connectivity index (χ1n) is 6.21. The third-order valence-corrected chi connectivity index (χ3v) is 2.79. The van der Waals surface area contributed by atoms with Crippen LogP contribution in [0.3, 0.4) is 0 Å². The molecule has 0 atom stereocenters. The van der Waals surface area contributed by atoms with Crippen molar-refractivity contribution >= 4 is 5.91 Å². The molecule has 1 amide bonds. The Hall–Kier alpha value is -2.25. The number of carbonyl (C=O) groups excluding carboxylic acids is 1. The molecule has 0 spiro atoms. The lowest BCUT2D eigenvalue weighted by Crippen LogP contribution is -2.35. The van der Waals surface area contributed by atoms with Gasteiger partial charge >= 0.3 is 0 Å². The molecule has 0 bridgehead atoms. The van der Waals surface area contributed by atoms with Gasteiger partial charge in [-0.1, -0.05) is 0 Å². The SMILES string of the molecule is O=C(c1ccc(-n2ccnc2)nc1)N(CCO)CCO. The van der Waals surface area contributed by atoms with E-state index in [9.17, 15) is 4.79 Å². The summed E-state index contributed by atoms with van der Waals surface area (Å²) in [5.41, 5.74) is 0.413. The van der Waals surface area contributed by atoms with E-state index >= 15 is 0 Å². The molecular weight excluding hydrogens is 260 g/mol. The molecule has 0 aliphatic carbocycles. The Bertz CT molecular complexity index is 533. The van der Waals surface area contributed by atoms with Crippen molar-refractivity contribution in [3.05, 3.63) is 42.6 Å². The number of hydrogen-bond acceptors (Lipinski definition) is 5. The minimum Gasteiger partial charge on any atom is -0.395 e. The summed E-state index contributed by atoms with van der Waals surface area (Å²) in [6, 6.07) is 3.37. The summed E-state index contributed by atoms with van der Waals surface area (Å²) in [5.74, 6) is 0.396. The average molecular weight is 276 g/mol. The van der Waals surface area contributed by atoms with E-state index in [2.05, 4.69) is 9.97 Å². The molecule has 0 aliphatic rings. The summed E-state index contributed by atoms with van der Waals surface area (Å²) in [6.45, 7) is 0.0733. The summed E-state index contributed by atoms with van der Waals surface area (Å²) < 4.78 is 1.73. The van der Waals surface area contributed by atoms with Crippen LogP contribution in [-0.4, -0.2) is 61.9 Å². The maximum Gasteiger partial charge on any atom is 0.255 e. The Morgan fingerprint density at radius 3 is 2.50 bits per heavy atom. The third kappa shape index (κ3) is 3.19. The Kier molecular flexibility index (Phi) is 4.80. The number of hydrogen-bond donors (Lipinski definition) is 2. The van der Waals surface area contributed by atoms with Crippen LogP contribution in [0.25, 0.3) is 5.82 Å². The van der Waals surface area contributed by atoms with Crippen molar-refractivity contribution in [3.8, 4) is 5.82 Å². The molecule has 0 unspecified atom stereocenters. The van der Waals surface area contributed by atoms with Crippen molar-refractivity contribution in [2.45, 2.75) is 0 Å². The van der Waals surface area contributed by atoms with Crippen LogP contribution in [-0.2, 0) is 0 Å². The minimum atomic E-state index is -0.266. The van der Waals surface area contributed by atoms with Gasteiger partial charge in [-0.05, 0) is 12.1 Å². The van der Waals surface area contributed by atoms with Crippen molar-refractivity contribution < 1.29 is 15.0 Å². The average Bonchev–Trinajstić information content (AvgIpc) is 3.01. The highest BCUT2D eigenvalue weighted by atomic mass is 16.3. The number of aliphatic hydroxyl groups is 2.